The summed E-state index contributed by atoms with van der Waals surface area (Å²) in [6.45, 7) is -2.96. The normalized spacial score (nSPS) is 10.8. The second kappa shape index (κ2) is 7.97. The van der Waals surface area contributed by atoms with Crippen molar-refractivity contribution in [1.82, 2.24) is 4.98 Å². The number of nitrogens with zero attached hydrogens (tertiary/aromatic N) is 1. The first-order valence-electron chi connectivity index (χ1n) is 7.54. The van der Waals surface area contributed by atoms with E-state index in [-0.39, 0.29) is 12.2 Å². The molecule has 0 aliphatic heterocycles. The van der Waals surface area contributed by atoms with Gasteiger partial charge >= 0.3 is 6.61 Å². The van der Waals surface area contributed by atoms with E-state index < -0.39 is 12.5 Å². The zero-order valence-electron chi connectivity index (χ0n) is 13.3. The lowest BCUT2D eigenvalue weighted by Gasteiger charge is -2.11. The van der Waals surface area contributed by atoms with Crippen LogP contribution in [-0.4, -0.2) is 17.5 Å². The van der Waals surface area contributed by atoms with Crippen LogP contribution < -0.4 is 10.1 Å². The molecule has 3 rings (SSSR count). The second-order valence-corrected chi connectivity index (χ2v) is 5.68. The summed E-state index contributed by atoms with van der Waals surface area (Å²) < 4.78 is 34.5. The van der Waals surface area contributed by atoms with Crippen molar-refractivity contribution in [3.05, 3.63) is 65.6 Å². The first-order chi connectivity index (χ1) is 12.5. The Kier molecular flexibility index (Phi) is 5.48. The van der Waals surface area contributed by atoms with Crippen LogP contribution in [0.1, 0.15) is 5.56 Å². The molecule has 0 saturated carbocycles. The average molecular weight is 379 g/mol. The van der Waals surface area contributed by atoms with Gasteiger partial charge in [-0.3, -0.25) is 4.79 Å². The molecule has 8 heteroatoms. The number of anilines is 1. The molecule has 134 valence electrons. The minimum atomic E-state index is -2.96. The highest BCUT2D eigenvalue weighted by atomic mass is 35.5. The Morgan fingerprint density at radius 2 is 2.08 bits per heavy atom. The first kappa shape index (κ1) is 17.9. The van der Waals surface area contributed by atoms with Crippen LogP contribution in [0.5, 0.6) is 5.75 Å². The molecular weight excluding hydrogens is 366 g/mol. The third-order valence-corrected chi connectivity index (χ3v) is 3.80. The van der Waals surface area contributed by atoms with E-state index in [2.05, 4.69) is 15.0 Å². The van der Waals surface area contributed by atoms with Gasteiger partial charge in [-0.25, -0.2) is 4.98 Å². The summed E-state index contributed by atoms with van der Waals surface area (Å²) in [6.07, 6.45) is 2.70. The molecule has 3 aromatic rings. The second-order valence-electron chi connectivity index (χ2n) is 5.27. The molecule has 0 atom stereocenters. The van der Waals surface area contributed by atoms with Gasteiger partial charge in [-0.15, -0.1) is 0 Å². The van der Waals surface area contributed by atoms with E-state index in [1.165, 1.54) is 18.7 Å². The van der Waals surface area contributed by atoms with E-state index in [0.717, 1.165) is 0 Å². The Hall–Kier alpha value is -2.93. The first-order valence-corrected chi connectivity index (χ1v) is 7.91. The fourth-order valence-electron chi connectivity index (χ4n) is 2.38. The summed E-state index contributed by atoms with van der Waals surface area (Å²) in [4.78, 5) is 16.0. The lowest BCUT2D eigenvalue weighted by atomic mass is 10.1. The zero-order valence-corrected chi connectivity index (χ0v) is 14.0. The average Bonchev–Trinajstić information content (AvgIpc) is 3.10. The highest BCUT2D eigenvalue weighted by Crippen LogP contribution is 2.30. The maximum absolute atomic E-state index is 12.4. The van der Waals surface area contributed by atoms with Gasteiger partial charge in [0.1, 0.15) is 5.75 Å². The molecule has 0 saturated heterocycles. The molecule has 0 aliphatic carbocycles. The van der Waals surface area contributed by atoms with Gasteiger partial charge in [0.15, 0.2) is 12.2 Å². The lowest BCUT2D eigenvalue weighted by molar-refractivity contribution is -0.115. The highest BCUT2D eigenvalue weighted by Gasteiger charge is 2.13. The standard InChI is InChI=1S/C18H13ClF2N2O3/c19-14-8-12(5-6-13(14)16-9-22-10-25-16)23-17(24)7-11-3-1-2-4-15(11)26-18(20)21/h1-6,8-10,18H,7H2,(H,23,24). The molecule has 1 aromatic heterocycles. The molecule has 1 heterocycles. The number of aromatic nitrogens is 1. The summed E-state index contributed by atoms with van der Waals surface area (Å²) in [6, 6.07) is 11.1. The van der Waals surface area contributed by atoms with Crippen molar-refractivity contribution in [1.29, 1.82) is 0 Å². The summed E-state index contributed by atoms with van der Waals surface area (Å²) in [7, 11) is 0. The number of oxazole rings is 1. The third kappa shape index (κ3) is 4.37. The quantitative estimate of drug-likeness (QED) is 0.670. The van der Waals surface area contributed by atoms with Crippen LogP contribution in [0.15, 0.2) is 59.5 Å². The van der Waals surface area contributed by atoms with Gasteiger partial charge < -0.3 is 14.5 Å². The van der Waals surface area contributed by atoms with Gasteiger partial charge in [0.25, 0.3) is 0 Å². The SMILES string of the molecule is O=C(Cc1ccccc1OC(F)F)Nc1ccc(-c2cnco2)c(Cl)c1. The third-order valence-electron chi connectivity index (χ3n) is 3.49. The molecule has 0 fully saturated rings. The van der Waals surface area contributed by atoms with Crippen molar-refractivity contribution in [2.24, 2.45) is 0 Å². The zero-order chi connectivity index (χ0) is 18.5. The summed E-state index contributed by atoms with van der Waals surface area (Å²) in [5.41, 5.74) is 1.46. The number of alkyl halides is 2. The topological polar surface area (TPSA) is 64.4 Å². The molecule has 0 aliphatic rings. The molecule has 2 aromatic carbocycles. The van der Waals surface area contributed by atoms with Crippen LogP contribution >= 0.6 is 11.6 Å². The Balaban J connectivity index is 1.70. The number of carbonyl (C=O) groups excluding carboxylic acids is 1. The molecule has 1 N–H and O–H groups in total. The van der Waals surface area contributed by atoms with Gasteiger partial charge in [-0.1, -0.05) is 29.8 Å². The molecule has 26 heavy (non-hydrogen) atoms. The van der Waals surface area contributed by atoms with Crippen LogP contribution in [0.3, 0.4) is 0 Å². The van der Waals surface area contributed by atoms with Crippen LogP contribution in [-0.2, 0) is 11.2 Å². The molecule has 0 radical (unpaired) electrons. The van der Waals surface area contributed by atoms with Gasteiger partial charge in [0.2, 0.25) is 5.91 Å². The molecule has 0 spiro atoms. The largest absolute Gasteiger partial charge is 0.443 e. The summed E-state index contributed by atoms with van der Waals surface area (Å²) in [5, 5.41) is 3.05. The molecular formula is C18H13ClF2N2O3. The number of carbonyl (C=O) groups is 1. The van der Waals surface area contributed by atoms with Crippen LogP contribution in [0.25, 0.3) is 11.3 Å². The number of ether oxygens (including phenoxy) is 1. The highest BCUT2D eigenvalue weighted by molar-refractivity contribution is 6.33. The number of rotatable bonds is 6. The van der Waals surface area contributed by atoms with Crippen LogP contribution in [0.2, 0.25) is 5.02 Å². The Bertz CT molecular complexity index is 901. The molecule has 0 unspecified atom stereocenters. The van der Waals surface area contributed by atoms with Gasteiger partial charge in [0, 0.05) is 16.8 Å². The summed E-state index contributed by atoms with van der Waals surface area (Å²) in [5.74, 6) is 0.0844. The predicted octanol–water partition coefficient (Wildman–Crippen LogP) is 4.78. The van der Waals surface area contributed by atoms with E-state index in [9.17, 15) is 13.6 Å². The number of halogens is 3. The fraction of sp³-hybridized carbons (Fsp3) is 0.111. The van der Waals surface area contributed by atoms with Crippen molar-refractivity contribution in [3.8, 4) is 17.1 Å². The molecule has 5 nitrogen and oxygen atoms in total. The monoisotopic (exact) mass is 378 g/mol. The lowest BCUT2D eigenvalue weighted by Crippen LogP contribution is -2.15. The Morgan fingerprint density at radius 3 is 2.77 bits per heavy atom. The van der Waals surface area contributed by atoms with Gasteiger partial charge in [-0.2, -0.15) is 8.78 Å². The molecule has 0 bridgehead atoms. The van der Waals surface area contributed by atoms with Crippen molar-refractivity contribution >= 4 is 23.2 Å². The van der Waals surface area contributed by atoms with Crippen molar-refractivity contribution in [2.45, 2.75) is 13.0 Å². The minimum absolute atomic E-state index is 0.0312. The van der Waals surface area contributed by atoms with E-state index in [1.807, 2.05) is 0 Å². The smallest absolute Gasteiger partial charge is 0.387 e. The maximum Gasteiger partial charge on any atom is 0.387 e. The molecule has 1 amide bonds. The number of hydrogen-bond acceptors (Lipinski definition) is 4. The Morgan fingerprint density at radius 1 is 1.27 bits per heavy atom. The fourth-order valence-corrected chi connectivity index (χ4v) is 2.65. The van der Waals surface area contributed by atoms with E-state index in [1.54, 1.807) is 36.4 Å². The van der Waals surface area contributed by atoms with E-state index in [4.69, 9.17) is 16.0 Å². The predicted molar refractivity (Wildman–Crippen MR) is 92.4 cm³/mol. The number of para-hydroxylation sites is 1. The number of nitrogens with one attached hydrogen (secondary N) is 1. The van der Waals surface area contributed by atoms with Crippen molar-refractivity contribution in [3.63, 3.8) is 0 Å². The van der Waals surface area contributed by atoms with Crippen molar-refractivity contribution < 1.29 is 22.7 Å². The number of hydrogen-bond donors (Lipinski definition) is 1. The van der Waals surface area contributed by atoms with E-state index >= 15 is 0 Å². The van der Waals surface area contributed by atoms with Crippen molar-refractivity contribution in [2.75, 3.05) is 5.32 Å². The summed E-state index contributed by atoms with van der Waals surface area (Å²) >= 11 is 6.20. The maximum atomic E-state index is 12.4. The van der Waals surface area contributed by atoms with Gasteiger partial charge in [0.05, 0.1) is 17.6 Å². The van der Waals surface area contributed by atoms with E-state index in [0.29, 0.717) is 27.6 Å². The number of benzene rings is 2. The van der Waals surface area contributed by atoms with Crippen LogP contribution in [0.4, 0.5) is 14.5 Å². The van der Waals surface area contributed by atoms with Crippen LogP contribution in [0, 0.1) is 0 Å². The Labute approximate surface area is 152 Å². The van der Waals surface area contributed by atoms with Gasteiger partial charge in [-0.05, 0) is 24.3 Å². The number of amides is 1. The minimum Gasteiger partial charge on any atom is -0.443 e.